The fourth-order valence-corrected chi connectivity index (χ4v) is 1.72. The van der Waals surface area contributed by atoms with Crippen molar-refractivity contribution in [2.45, 2.75) is 19.9 Å². The number of benzene rings is 1. The molecule has 0 heterocycles. The summed E-state index contributed by atoms with van der Waals surface area (Å²) in [6.07, 6.45) is 0. The van der Waals surface area contributed by atoms with Crippen molar-refractivity contribution in [2.75, 3.05) is 26.0 Å². The summed E-state index contributed by atoms with van der Waals surface area (Å²) < 4.78 is 0. The lowest BCUT2D eigenvalue weighted by atomic mass is 10.0. The number of nitrogens with one attached hydrogen (secondary N) is 1. The molecule has 0 spiro atoms. The minimum Gasteiger partial charge on any atom is -0.380 e. The van der Waals surface area contributed by atoms with Crippen molar-refractivity contribution in [2.24, 2.45) is 5.92 Å². The molecule has 0 aliphatic carbocycles. The molecule has 0 bridgehead atoms. The van der Waals surface area contributed by atoms with Gasteiger partial charge in [0.25, 0.3) is 0 Å². The molecule has 92 valence electrons. The van der Waals surface area contributed by atoms with Crippen LogP contribution in [0.15, 0.2) is 24.3 Å². The van der Waals surface area contributed by atoms with E-state index < -0.39 is 0 Å². The Morgan fingerprint density at radius 2 is 1.94 bits per heavy atom. The number of nitriles is 1. The van der Waals surface area contributed by atoms with Gasteiger partial charge >= 0.3 is 0 Å². The highest BCUT2D eigenvalue weighted by atomic mass is 15.1. The van der Waals surface area contributed by atoms with Gasteiger partial charge in [0.05, 0.1) is 11.3 Å². The number of para-hydroxylation sites is 1. The fourth-order valence-electron chi connectivity index (χ4n) is 1.72. The molecule has 3 heteroatoms. The number of nitrogens with zero attached hydrogens (tertiary/aromatic N) is 2. The van der Waals surface area contributed by atoms with Crippen LogP contribution in [0, 0.1) is 17.2 Å². The summed E-state index contributed by atoms with van der Waals surface area (Å²) in [7, 11) is 4.13. The van der Waals surface area contributed by atoms with Crippen molar-refractivity contribution in [1.82, 2.24) is 4.90 Å². The van der Waals surface area contributed by atoms with Crippen LogP contribution in [0.25, 0.3) is 0 Å². The highest BCUT2D eigenvalue weighted by Crippen LogP contribution is 2.17. The molecule has 17 heavy (non-hydrogen) atoms. The normalized spacial score (nSPS) is 12.5. The zero-order valence-corrected chi connectivity index (χ0v) is 11.1. The number of rotatable bonds is 5. The van der Waals surface area contributed by atoms with Crippen molar-refractivity contribution in [3.8, 4) is 6.07 Å². The molecule has 0 fully saturated rings. The van der Waals surface area contributed by atoms with Gasteiger partial charge in [-0.2, -0.15) is 5.26 Å². The molecule has 1 aromatic carbocycles. The molecule has 1 atom stereocenters. The molecule has 0 saturated carbocycles. The molecule has 0 radical (unpaired) electrons. The molecule has 0 aliphatic rings. The smallest absolute Gasteiger partial charge is 0.101 e. The van der Waals surface area contributed by atoms with Crippen molar-refractivity contribution in [3.63, 3.8) is 0 Å². The van der Waals surface area contributed by atoms with Gasteiger partial charge in [0.15, 0.2) is 0 Å². The van der Waals surface area contributed by atoms with Gasteiger partial charge < -0.3 is 10.2 Å². The van der Waals surface area contributed by atoms with Gasteiger partial charge in [0, 0.05) is 12.6 Å². The van der Waals surface area contributed by atoms with E-state index in [1.54, 1.807) is 0 Å². The van der Waals surface area contributed by atoms with Gasteiger partial charge in [0.2, 0.25) is 0 Å². The summed E-state index contributed by atoms with van der Waals surface area (Å²) in [4.78, 5) is 2.16. The second kappa shape index (κ2) is 6.27. The van der Waals surface area contributed by atoms with E-state index in [0.717, 1.165) is 12.2 Å². The van der Waals surface area contributed by atoms with Crippen LogP contribution in [0.5, 0.6) is 0 Å². The quantitative estimate of drug-likeness (QED) is 0.846. The monoisotopic (exact) mass is 231 g/mol. The van der Waals surface area contributed by atoms with Crippen LogP contribution in [-0.4, -0.2) is 31.6 Å². The predicted octanol–water partition coefficient (Wildman–Crippen LogP) is 2.56. The molecule has 0 aromatic heterocycles. The van der Waals surface area contributed by atoms with Crippen molar-refractivity contribution in [3.05, 3.63) is 29.8 Å². The van der Waals surface area contributed by atoms with E-state index >= 15 is 0 Å². The fraction of sp³-hybridized carbons (Fsp3) is 0.500. The van der Waals surface area contributed by atoms with Crippen LogP contribution in [0.1, 0.15) is 19.4 Å². The topological polar surface area (TPSA) is 39.1 Å². The maximum atomic E-state index is 9.05. The number of hydrogen-bond acceptors (Lipinski definition) is 3. The number of anilines is 1. The van der Waals surface area contributed by atoms with Gasteiger partial charge in [-0.3, -0.25) is 0 Å². The predicted molar refractivity (Wildman–Crippen MR) is 72.0 cm³/mol. The Morgan fingerprint density at radius 1 is 1.29 bits per heavy atom. The Hall–Kier alpha value is -1.53. The Morgan fingerprint density at radius 3 is 2.47 bits per heavy atom. The first-order valence-corrected chi connectivity index (χ1v) is 5.95. The number of likely N-dealkylation sites (N-methyl/N-ethyl adjacent to an activating group) is 1. The summed E-state index contributed by atoms with van der Waals surface area (Å²) in [5.74, 6) is 0.518. The standard InChI is InChI=1S/C14H21N3/c1-11(2)14(10-17(3)4)16-13-8-6-5-7-12(13)9-15/h5-8,11,14,16H,10H2,1-4H3. The van der Waals surface area contributed by atoms with Gasteiger partial charge in [0.1, 0.15) is 6.07 Å². The van der Waals surface area contributed by atoms with Crippen LogP contribution in [0.3, 0.4) is 0 Å². The first-order valence-electron chi connectivity index (χ1n) is 5.95. The second-order valence-corrected chi connectivity index (χ2v) is 4.91. The van der Waals surface area contributed by atoms with Crippen molar-refractivity contribution >= 4 is 5.69 Å². The molecule has 3 nitrogen and oxygen atoms in total. The second-order valence-electron chi connectivity index (χ2n) is 4.91. The highest BCUT2D eigenvalue weighted by molar-refractivity contribution is 5.57. The van der Waals surface area contributed by atoms with E-state index in [4.69, 9.17) is 5.26 Å². The van der Waals surface area contributed by atoms with E-state index in [1.165, 1.54) is 0 Å². The zero-order chi connectivity index (χ0) is 12.8. The van der Waals surface area contributed by atoms with Crippen LogP contribution in [-0.2, 0) is 0 Å². The minimum atomic E-state index is 0.347. The van der Waals surface area contributed by atoms with E-state index in [1.807, 2.05) is 24.3 Å². The van der Waals surface area contributed by atoms with Crippen molar-refractivity contribution < 1.29 is 0 Å². The lowest BCUT2D eigenvalue weighted by molar-refractivity contribution is 0.344. The van der Waals surface area contributed by atoms with Crippen LogP contribution in [0.2, 0.25) is 0 Å². The molecule has 1 unspecified atom stereocenters. The minimum absolute atomic E-state index is 0.347. The Bertz CT molecular complexity index is 391. The molecule has 1 rings (SSSR count). The summed E-state index contributed by atoms with van der Waals surface area (Å²) in [5.41, 5.74) is 1.63. The molecular weight excluding hydrogens is 210 g/mol. The third kappa shape index (κ3) is 4.08. The molecule has 0 aliphatic heterocycles. The largest absolute Gasteiger partial charge is 0.380 e. The van der Waals surface area contributed by atoms with Crippen LogP contribution < -0.4 is 5.32 Å². The molecule has 1 aromatic rings. The van der Waals surface area contributed by atoms with Crippen LogP contribution >= 0.6 is 0 Å². The van der Waals surface area contributed by atoms with Gasteiger partial charge in [-0.25, -0.2) is 0 Å². The lowest BCUT2D eigenvalue weighted by Gasteiger charge is -2.27. The first kappa shape index (κ1) is 13.5. The molecular formula is C14H21N3. The summed E-state index contributed by atoms with van der Waals surface area (Å²) in [6.45, 7) is 5.34. The SMILES string of the molecule is CC(C)C(CN(C)C)Nc1ccccc1C#N. The summed E-state index contributed by atoms with van der Waals surface area (Å²) in [5, 5.41) is 12.5. The van der Waals surface area contributed by atoms with Gasteiger partial charge in [-0.15, -0.1) is 0 Å². The van der Waals surface area contributed by atoms with Crippen LogP contribution in [0.4, 0.5) is 5.69 Å². The van der Waals surface area contributed by atoms with E-state index in [2.05, 4.69) is 44.2 Å². The van der Waals surface area contributed by atoms with Gasteiger partial charge in [-0.1, -0.05) is 26.0 Å². The molecule has 0 saturated heterocycles. The Kier molecular flexibility index (Phi) is 4.99. The average molecular weight is 231 g/mol. The number of hydrogen-bond donors (Lipinski definition) is 1. The van der Waals surface area contributed by atoms with Crippen molar-refractivity contribution in [1.29, 1.82) is 5.26 Å². The summed E-state index contributed by atoms with van der Waals surface area (Å²) in [6, 6.07) is 10.2. The third-order valence-corrected chi connectivity index (χ3v) is 2.75. The average Bonchev–Trinajstić information content (AvgIpc) is 2.28. The maximum absolute atomic E-state index is 9.05. The first-order chi connectivity index (χ1) is 8.04. The van der Waals surface area contributed by atoms with E-state index in [9.17, 15) is 0 Å². The Labute approximate surface area is 104 Å². The maximum Gasteiger partial charge on any atom is 0.101 e. The Balaban J connectivity index is 2.83. The van der Waals surface area contributed by atoms with E-state index in [-0.39, 0.29) is 0 Å². The lowest BCUT2D eigenvalue weighted by Crippen LogP contribution is -2.36. The summed E-state index contributed by atoms with van der Waals surface area (Å²) >= 11 is 0. The van der Waals surface area contributed by atoms with Gasteiger partial charge in [-0.05, 0) is 32.1 Å². The third-order valence-electron chi connectivity index (χ3n) is 2.75. The zero-order valence-electron chi connectivity index (χ0n) is 11.1. The highest BCUT2D eigenvalue weighted by Gasteiger charge is 2.15. The molecule has 1 N–H and O–H groups in total. The van der Waals surface area contributed by atoms with E-state index in [0.29, 0.717) is 17.5 Å². The molecule has 0 amide bonds.